The summed E-state index contributed by atoms with van der Waals surface area (Å²) < 4.78 is 79.2. The molecule has 0 fully saturated rings. The van der Waals surface area contributed by atoms with Gasteiger partial charge < -0.3 is 4.74 Å². The number of halogens is 6. The minimum absolute atomic E-state index is 0.00555. The molecule has 0 aromatic heterocycles. The lowest BCUT2D eigenvalue weighted by Crippen LogP contribution is -2.43. The van der Waals surface area contributed by atoms with Crippen LogP contribution in [0.25, 0.3) is 0 Å². The molecule has 0 N–H and O–H groups in total. The SMILES string of the molecule is COC(=O)c1cc(Br)cc(S(=O)C(F)(F)C(=O)C(F)(F)F)c1. The molecule has 0 aliphatic heterocycles. The zero-order valence-corrected chi connectivity index (χ0v) is 12.9. The number of ether oxygens (including phenoxy) is 1. The van der Waals surface area contributed by atoms with Crippen LogP contribution in [0.5, 0.6) is 0 Å². The van der Waals surface area contributed by atoms with Gasteiger partial charge in [0.15, 0.2) is 0 Å². The van der Waals surface area contributed by atoms with Crippen molar-refractivity contribution in [3.05, 3.63) is 28.2 Å². The highest BCUT2D eigenvalue weighted by Crippen LogP contribution is 2.34. The van der Waals surface area contributed by atoms with Crippen LogP contribution in [0, 0.1) is 0 Å². The molecule has 22 heavy (non-hydrogen) atoms. The average molecular weight is 409 g/mol. The molecule has 0 amide bonds. The molecule has 122 valence electrons. The van der Waals surface area contributed by atoms with Crippen molar-refractivity contribution >= 4 is 38.5 Å². The number of carbonyl (C=O) groups is 2. The second kappa shape index (κ2) is 6.41. The molecule has 0 radical (unpaired) electrons. The van der Waals surface area contributed by atoms with Gasteiger partial charge in [0, 0.05) is 9.37 Å². The maximum atomic E-state index is 13.4. The molecule has 1 unspecified atom stereocenters. The first kappa shape index (κ1) is 18.7. The predicted octanol–water partition coefficient (Wildman–Crippen LogP) is 3.07. The summed E-state index contributed by atoms with van der Waals surface area (Å²) in [6.07, 6.45) is -5.85. The third kappa shape index (κ3) is 3.88. The number of hydrogen-bond donors (Lipinski definition) is 0. The molecular weight excluding hydrogens is 403 g/mol. The highest BCUT2D eigenvalue weighted by molar-refractivity contribution is 9.10. The Labute approximate surface area is 131 Å². The van der Waals surface area contributed by atoms with Crippen molar-refractivity contribution in [3.8, 4) is 0 Å². The van der Waals surface area contributed by atoms with Gasteiger partial charge in [0.1, 0.15) is 10.8 Å². The van der Waals surface area contributed by atoms with Crippen LogP contribution >= 0.6 is 15.9 Å². The van der Waals surface area contributed by atoms with Crippen LogP contribution in [0.4, 0.5) is 22.0 Å². The van der Waals surface area contributed by atoms with E-state index in [1.54, 1.807) is 0 Å². The largest absolute Gasteiger partial charge is 0.465 e. The van der Waals surface area contributed by atoms with Gasteiger partial charge in [-0.25, -0.2) is 9.00 Å². The maximum absolute atomic E-state index is 13.4. The van der Waals surface area contributed by atoms with Crippen molar-refractivity contribution in [2.45, 2.75) is 16.3 Å². The van der Waals surface area contributed by atoms with Crippen LogP contribution in [0.1, 0.15) is 10.4 Å². The second-order valence-corrected chi connectivity index (χ2v) is 6.22. The fourth-order valence-electron chi connectivity index (χ4n) is 1.30. The van der Waals surface area contributed by atoms with Gasteiger partial charge in [-0.15, -0.1) is 0 Å². The van der Waals surface area contributed by atoms with Crippen LogP contribution in [0.3, 0.4) is 0 Å². The van der Waals surface area contributed by atoms with Gasteiger partial charge >= 0.3 is 23.2 Å². The number of carbonyl (C=O) groups excluding carboxylic acids is 2. The molecular formula is C11H6BrF5O4S. The Hall–Kier alpha value is -1.36. The van der Waals surface area contributed by atoms with Crippen LogP contribution in [0.15, 0.2) is 27.6 Å². The molecule has 1 aromatic rings. The molecule has 0 aliphatic rings. The van der Waals surface area contributed by atoms with E-state index < -0.39 is 38.9 Å². The van der Waals surface area contributed by atoms with Gasteiger partial charge in [-0.2, -0.15) is 22.0 Å². The van der Waals surface area contributed by atoms with Crippen molar-refractivity contribution in [3.63, 3.8) is 0 Å². The van der Waals surface area contributed by atoms with Crippen molar-refractivity contribution < 1.29 is 40.5 Å². The van der Waals surface area contributed by atoms with Crippen LogP contribution < -0.4 is 0 Å². The normalized spacial score (nSPS) is 13.6. The Morgan fingerprint density at radius 2 is 1.68 bits per heavy atom. The summed E-state index contributed by atoms with van der Waals surface area (Å²) >= 11 is 2.83. The fraction of sp³-hybridized carbons (Fsp3) is 0.273. The first-order chi connectivity index (χ1) is 9.91. The first-order valence-electron chi connectivity index (χ1n) is 5.21. The van der Waals surface area contributed by atoms with E-state index in [0.717, 1.165) is 19.2 Å². The van der Waals surface area contributed by atoms with Gasteiger partial charge in [-0.3, -0.25) is 4.79 Å². The third-order valence-corrected chi connectivity index (χ3v) is 4.03. The monoisotopic (exact) mass is 408 g/mol. The Morgan fingerprint density at radius 1 is 1.14 bits per heavy atom. The first-order valence-corrected chi connectivity index (χ1v) is 7.15. The van der Waals surface area contributed by atoms with Crippen molar-refractivity contribution in [1.29, 1.82) is 0 Å². The molecule has 0 aliphatic carbocycles. The Morgan fingerprint density at radius 3 is 2.14 bits per heavy atom. The standard InChI is InChI=1S/C11H6BrF5O4S/c1-21-8(18)5-2-6(12)4-7(3-5)22(20)11(16,17)9(19)10(13,14)15/h2-4H,1H3. The molecule has 0 heterocycles. The molecule has 0 saturated carbocycles. The lowest BCUT2D eigenvalue weighted by atomic mass is 10.2. The zero-order valence-electron chi connectivity index (χ0n) is 10.5. The van der Waals surface area contributed by atoms with Crippen molar-refractivity contribution in [2.24, 2.45) is 0 Å². The minimum Gasteiger partial charge on any atom is -0.465 e. The lowest BCUT2D eigenvalue weighted by molar-refractivity contribution is -0.185. The van der Waals surface area contributed by atoms with Gasteiger partial charge in [-0.05, 0) is 18.2 Å². The van der Waals surface area contributed by atoms with E-state index in [4.69, 9.17) is 0 Å². The summed E-state index contributed by atoms with van der Waals surface area (Å²) in [5, 5.41) is -5.19. The number of Topliss-reactive ketones (excluding diaryl/α,β-unsaturated/α-hetero) is 1. The fourth-order valence-corrected chi connectivity index (χ4v) is 3.00. The van der Waals surface area contributed by atoms with E-state index in [-0.39, 0.29) is 10.0 Å². The molecule has 0 spiro atoms. The van der Waals surface area contributed by atoms with E-state index >= 15 is 0 Å². The van der Waals surface area contributed by atoms with Gasteiger partial charge in [0.05, 0.1) is 12.7 Å². The van der Waals surface area contributed by atoms with Gasteiger partial charge in [-0.1, -0.05) is 15.9 Å². The van der Waals surface area contributed by atoms with E-state index in [1.165, 1.54) is 0 Å². The number of rotatable bonds is 4. The zero-order chi connectivity index (χ0) is 17.3. The average Bonchev–Trinajstić information content (AvgIpc) is 2.42. The Kier molecular flexibility index (Phi) is 5.44. The number of alkyl halides is 5. The summed E-state index contributed by atoms with van der Waals surface area (Å²) in [6.45, 7) is 0. The Bertz CT molecular complexity index is 644. The number of benzene rings is 1. The maximum Gasteiger partial charge on any atom is 0.457 e. The highest BCUT2D eigenvalue weighted by Gasteiger charge is 2.59. The minimum atomic E-state index is -5.85. The van der Waals surface area contributed by atoms with Crippen LogP contribution in [-0.4, -0.2) is 34.5 Å². The number of hydrogen-bond acceptors (Lipinski definition) is 4. The summed E-state index contributed by atoms with van der Waals surface area (Å²) in [7, 11) is -2.66. The van der Waals surface area contributed by atoms with E-state index in [2.05, 4.69) is 20.7 Å². The molecule has 1 atom stereocenters. The van der Waals surface area contributed by atoms with E-state index in [0.29, 0.717) is 6.07 Å². The molecule has 1 aromatic carbocycles. The number of ketones is 1. The van der Waals surface area contributed by atoms with Gasteiger partial charge in [0.2, 0.25) is 0 Å². The second-order valence-electron chi connectivity index (χ2n) is 3.78. The summed E-state index contributed by atoms with van der Waals surface area (Å²) in [4.78, 5) is 21.2. The molecule has 1 rings (SSSR count). The Balaban J connectivity index is 3.31. The van der Waals surface area contributed by atoms with Crippen molar-refractivity contribution in [1.82, 2.24) is 0 Å². The molecule has 11 heteroatoms. The molecule has 0 saturated heterocycles. The number of methoxy groups -OCH3 is 1. The van der Waals surface area contributed by atoms with Gasteiger partial charge in [0.25, 0.3) is 0 Å². The van der Waals surface area contributed by atoms with Crippen LogP contribution in [0.2, 0.25) is 0 Å². The highest BCUT2D eigenvalue weighted by atomic mass is 79.9. The smallest absolute Gasteiger partial charge is 0.457 e. The summed E-state index contributed by atoms with van der Waals surface area (Å²) in [5.74, 6) is -4.41. The van der Waals surface area contributed by atoms with E-state index in [9.17, 15) is 35.8 Å². The summed E-state index contributed by atoms with van der Waals surface area (Å²) in [5.41, 5.74) is -0.324. The molecule has 0 bridgehead atoms. The number of esters is 1. The predicted molar refractivity (Wildman–Crippen MR) is 67.9 cm³/mol. The topological polar surface area (TPSA) is 60.4 Å². The lowest BCUT2D eigenvalue weighted by Gasteiger charge is -2.16. The molecule has 4 nitrogen and oxygen atoms in total. The third-order valence-electron chi connectivity index (χ3n) is 2.26. The van der Waals surface area contributed by atoms with E-state index in [1.807, 2.05) is 0 Å². The summed E-state index contributed by atoms with van der Waals surface area (Å²) in [6, 6.07) is 2.58. The van der Waals surface area contributed by atoms with Crippen LogP contribution in [-0.2, 0) is 20.3 Å². The van der Waals surface area contributed by atoms with Crippen molar-refractivity contribution in [2.75, 3.05) is 7.11 Å². The quantitative estimate of drug-likeness (QED) is 0.567.